The van der Waals surface area contributed by atoms with Crippen molar-refractivity contribution < 1.29 is 4.79 Å². The number of carbonyl (C=O) groups is 1. The normalized spacial score (nSPS) is 20.6. The molecule has 1 atom stereocenters. The summed E-state index contributed by atoms with van der Waals surface area (Å²) in [6.45, 7) is 2.09. The fourth-order valence-corrected chi connectivity index (χ4v) is 1.88. The molecule has 1 unspecified atom stereocenters. The molecule has 0 heterocycles. The number of rotatable bonds is 1. The van der Waals surface area contributed by atoms with E-state index in [4.69, 9.17) is 0 Å². The van der Waals surface area contributed by atoms with Crippen LogP contribution in [0.5, 0.6) is 0 Å². The standard InChI is InChI=1S/C11H12O/c1-8-2-3-10-5-9(7-12)6-11(10)4-8/h2-4,7,9H,5-6H2,1H3. The second kappa shape index (κ2) is 2.74. The first kappa shape index (κ1) is 7.53. The molecule has 0 radical (unpaired) electrons. The molecule has 0 fully saturated rings. The average molecular weight is 160 g/mol. The van der Waals surface area contributed by atoms with Crippen molar-refractivity contribution in [3.63, 3.8) is 0 Å². The highest BCUT2D eigenvalue weighted by Crippen LogP contribution is 2.25. The summed E-state index contributed by atoms with van der Waals surface area (Å²) in [4.78, 5) is 10.6. The van der Waals surface area contributed by atoms with E-state index in [-0.39, 0.29) is 5.92 Å². The summed E-state index contributed by atoms with van der Waals surface area (Å²) in [5.41, 5.74) is 4.02. The minimum absolute atomic E-state index is 0.238. The van der Waals surface area contributed by atoms with Gasteiger partial charge in [-0.15, -0.1) is 0 Å². The zero-order chi connectivity index (χ0) is 8.55. The van der Waals surface area contributed by atoms with Crippen molar-refractivity contribution in [1.29, 1.82) is 0 Å². The van der Waals surface area contributed by atoms with Gasteiger partial charge in [0.2, 0.25) is 0 Å². The van der Waals surface area contributed by atoms with Gasteiger partial charge in [-0.1, -0.05) is 23.8 Å². The minimum Gasteiger partial charge on any atom is -0.303 e. The molecule has 0 saturated heterocycles. The number of hydrogen-bond donors (Lipinski definition) is 0. The summed E-state index contributed by atoms with van der Waals surface area (Å²) in [6.07, 6.45) is 2.97. The number of carbonyl (C=O) groups excluding carboxylic acids is 1. The third-order valence-corrected chi connectivity index (χ3v) is 2.52. The SMILES string of the molecule is Cc1ccc2c(c1)CC(C=O)C2. The van der Waals surface area contributed by atoms with E-state index in [1.165, 1.54) is 16.7 Å². The number of hydrogen-bond acceptors (Lipinski definition) is 1. The van der Waals surface area contributed by atoms with E-state index in [9.17, 15) is 4.79 Å². The van der Waals surface area contributed by atoms with Gasteiger partial charge >= 0.3 is 0 Å². The molecule has 0 aliphatic heterocycles. The topological polar surface area (TPSA) is 17.1 Å². The first-order valence-corrected chi connectivity index (χ1v) is 4.33. The molecular formula is C11H12O. The first-order valence-electron chi connectivity index (χ1n) is 4.33. The molecule has 1 nitrogen and oxygen atoms in total. The van der Waals surface area contributed by atoms with Gasteiger partial charge in [-0.05, 0) is 30.9 Å². The number of aldehydes is 1. The highest BCUT2D eigenvalue weighted by atomic mass is 16.1. The summed E-state index contributed by atoms with van der Waals surface area (Å²) in [5, 5.41) is 0. The number of benzene rings is 1. The van der Waals surface area contributed by atoms with Crippen LogP contribution >= 0.6 is 0 Å². The molecule has 0 spiro atoms. The zero-order valence-corrected chi connectivity index (χ0v) is 7.21. The fourth-order valence-electron chi connectivity index (χ4n) is 1.88. The van der Waals surface area contributed by atoms with Gasteiger partial charge in [-0.3, -0.25) is 0 Å². The van der Waals surface area contributed by atoms with Gasteiger partial charge in [-0.2, -0.15) is 0 Å². The number of aryl methyl sites for hydroxylation is 1. The lowest BCUT2D eigenvalue weighted by atomic mass is 10.1. The molecule has 1 aromatic rings. The maximum absolute atomic E-state index is 10.6. The Hall–Kier alpha value is -1.11. The van der Waals surface area contributed by atoms with Crippen molar-refractivity contribution in [2.75, 3.05) is 0 Å². The van der Waals surface area contributed by atoms with Crippen molar-refractivity contribution in [3.8, 4) is 0 Å². The second-order valence-corrected chi connectivity index (χ2v) is 3.58. The monoisotopic (exact) mass is 160 g/mol. The van der Waals surface area contributed by atoms with Crippen LogP contribution < -0.4 is 0 Å². The van der Waals surface area contributed by atoms with Crippen LogP contribution in [0.15, 0.2) is 18.2 Å². The van der Waals surface area contributed by atoms with E-state index < -0.39 is 0 Å². The largest absolute Gasteiger partial charge is 0.303 e. The van der Waals surface area contributed by atoms with E-state index in [1.54, 1.807) is 0 Å². The molecular weight excluding hydrogens is 148 g/mol. The van der Waals surface area contributed by atoms with Crippen LogP contribution in [0.3, 0.4) is 0 Å². The second-order valence-electron chi connectivity index (χ2n) is 3.58. The molecule has 62 valence electrons. The lowest BCUT2D eigenvalue weighted by molar-refractivity contribution is -0.110. The molecule has 0 saturated carbocycles. The molecule has 12 heavy (non-hydrogen) atoms. The Morgan fingerprint density at radius 2 is 2.08 bits per heavy atom. The third kappa shape index (κ3) is 1.15. The fraction of sp³-hybridized carbons (Fsp3) is 0.364. The first-order chi connectivity index (χ1) is 5.79. The minimum atomic E-state index is 0.238. The Morgan fingerprint density at radius 3 is 2.83 bits per heavy atom. The summed E-state index contributed by atoms with van der Waals surface area (Å²) in [6, 6.07) is 6.46. The van der Waals surface area contributed by atoms with Gasteiger partial charge in [0.15, 0.2) is 0 Å². The molecule has 1 aromatic carbocycles. The molecule has 0 amide bonds. The third-order valence-electron chi connectivity index (χ3n) is 2.52. The van der Waals surface area contributed by atoms with Crippen LogP contribution in [0.1, 0.15) is 16.7 Å². The summed E-state index contributed by atoms with van der Waals surface area (Å²) >= 11 is 0. The summed E-state index contributed by atoms with van der Waals surface area (Å²) in [5.74, 6) is 0.238. The van der Waals surface area contributed by atoms with Crippen molar-refractivity contribution in [2.45, 2.75) is 19.8 Å². The number of fused-ring (bicyclic) bond motifs is 1. The van der Waals surface area contributed by atoms with Gasteiger partial charge in [0.1, 0.15) is 6.29 Å². The molecule has 2 rings (SSSR count). The summed E-state index contributed by atoms with van der Waals surface area (Å²) < 4.78 is 0. The van der Waals surface area contributed by atoms with Gasteiger partial charge < -0.3 is 4.79 Å². The predicted octanol–water partition coefficient (Wildman–Crippen LogP) is 1.91. The van der Waals surface area contributed by atoms with E-state index in [0.717, 1.165) is 19.1 Å². The van der Waals surface area contributed by atoms with Crippen molar-refractivity contribution >= 4 is 6.29 Å². The van der Waals surface area contributed by atoms with Crippen molar-refractivity contribution in [1.82, 2.24) is 0 Å². The Labute approximate surface area is 72.4 Å². The quantitative estimate of drug-likeness (QED) is 0.573. The van der Waals surface area contributed by atoms with E-state index in [0.29, 0.717) is 0 Å². The van der Waals surface area contributed by atoms with Crippen LogP contribution in [0.2, 0.25) is 0 Å². The maximum Gasteiger partial charge on any atom is 0.123 e. The molecule has 0 aromatic heterocycles. The molecule has 1 aliphatic rings. The lowest BCUT2D eigenvalue weighted by Gasteiger charge is -1.98. The van der Waals surface area contributed by atoms with Crippen molar-refractivity contribution in [2.24, 2.45) is 5.92 Å². The van der Waals surface area contributed by atoms with Gasteiger partial charge in [0.25, 0.3) is 0 Å². The van der Waals surface area contributed by atoms with Crippen LogP contribution in [0.25, 0.3) is 0 Å². The molecule has 0 N–H and O–H groups in total. The van der Waals surface area contributed by atoms with Crippen LogP contribution in [-0.2, 0) is 17.6 Å². The Bertz CT molecular complexity index is 315. The molecule has 1 aliphatic carbocycles. The average Bonchev–Trinajstić information content (AvgIpc) is 2.46. The van der Waals surface area contributed by atoms with E-state index in [1.807, 2.05) is 0 Å². The Morgan fingerprint density at radius 1 is 1.33 bits per heavy atom. The van der Waals surface area contributed by atoms with Gasteiger partial charge in [0, 0.05) is 5.92 Å². The zero-order valence-electron chi connectivity index (χ0n) is 7.21. The van der Waals surface area contributed by atoms with Crippen LogP contribution in [0, 0.1) is 12.8 Å². The summed E-state index contributed by atoms with van der Waals surface area (Å²) in [7, 11) is 0. The smallest absolute Gasteiger partial charge is 0.123 e. The van der Waals surface area contributed by atoms with Crippen molar-refractivity contribution in [3.05, 3.63) is 34.9 Å². The Balaban J connectivity index is 2.35. The van der Waals surface area contributed by atoms with Gasteiger partial charge in [-0.25, -0.2) is 0 Å². The predicted molar refractivity (Wildman–Crippen MR) is 48.1 cm³/mol. The maximum atomic E-state index is 10.6. The lowest BCUT2D eigenvalue weighted by Crippen LogP contribution is -1.99. The van der Waals surface area contributed by atoms with Crippen LogP contribution in [-0.4, -0.2) is 6.29 Å². The van der Waals surface area contributed by atoms with Crippen LogP contribution in [0.4, 0.5) is 0 Å². The molecule has 1 heteroatoms. The highest BCUT2D eigenvalue weighted by molar-refractivity contribution is 5.58. The molecule has 0 bridgehead atoms. The highest BCUT2D eigenvalue weighted by Gasteiger charge is 2.20. The van der Waals surface area contributed by atoms with E-state index in [2.05, 4.69) is 25.1 Å². The van der Waals surface area contributed by atoms with Gasteiger partial charge in [0.05, 0.1) is 0 Å². The Kier molecular flexibility index (Phi) is 1.72. The van der Waals surface area contributed by atoms with E-state index >= 15 is 0 Å².